The summed E-state index contributed by atoms with van der Waals surface area (Å²) in [5.41, 5.74) is 1.81. The second-order valence-corrected chi connectivity index (χ2v) is 5.50. The molecule has 1 saturated heterocycles. The van der Waals surface area contributed by atoms with Crippen LogP contribution in [0.2, 0.25) is 0 Å². The maximum atomic E-state index is 11.5. The van der Waals surface area contributed by atoms with Crippen LogP contribution in [0.5, 0.6) is 0 Å². The number of hydrogen-bond donors (Lipinski definition) is 1. The molecule has 3 rings (SSSR count). The quantitative estimate of drug-likeness (QED) is 0.918. The number of carboxylic acid groups (broad SMARTS) is 1. The first-order valence-electron chi connectivity index (χ1n) is 7.53. The standard InChI is InChI=1S/C16H20N2O3/c1-2-5-14-17-13-8-3-7-12(16(19)20)15(13)18(14)10-11-6-4-9-21-11/h3,7-8,11H,2,4-6,9-10H2,1H3,(H,19,20). The lowest BCUT2D eigenvalue weighted by molar-refractivity contribution is 0.0697. The van der Waals surface area contributed by atoms with Crippen molar-refractivity contribution in [1.29, 1.82) is 0 Å². The van der Waals surface area contributed by atoms with Gasteiger partial charge < -0.3 is 14.4 Å². The summed E-state index contributed by atoms with van der Waals surface area (Å²) in [5, 5.41) is 9.43. The van der Waals surface area contributed by atoms with Gasteiger partial charge in [-0.3, -0.25) is 0 Å². The number of aryl methyl sites for hydroxylation is 1. The number of hydrogen-bond acceptors (Lipinski definition) is 3. The lowest BCUT2D eigenvalue weighted by atomic mass is 10.1. The average molecular weight is 288 g/mol. The van der Waals surface area contributed by atoms with E-state index in [1.165, 1.54) is 0 Å². The minimum Gasteiger partial charge on any atom is -0.478 e. The van der Waals surface area contributed by atoms with Crippen molar-refractivity contribution in [1.82, 2.24) is 9.55 Å². The Labute approximate surface area is 123 Å². The Kier molecular flexibility index (Phi) is 3.92. The largest absolute Gasteiger partial charge is 0.478 e. The van der Waals surface area contributed by atoms with Crippen molar-refractivity contribution in [3.8, 4) is 0 Å². The van der Waals surface area contributed by atoms with Crippen molar-refractivity contribution in [3.05, 3.63) is 29.6 Å². The van der Waals surface area contributed by atoms with Gasteiger partial charge >= 0.3 is 5.97 Å². The zero-order valence-corrected chi connectivity index (χ0v) is 12.2. The lowest BCUT2D eigenvalue weighted by Crippen LogP contribution is -2.18. The van der Waals surface area contributed by atoms with E-state index in [1.54, 1.807) is 12.1 Å². The van der Waals surface area contributed by atoms with Gasteiger partial charge in [0.15, 0.2) is 0 Å². The molecule has 1 atom stereocenters. The highest BCUT2D eigenvalue weighted by Gasteiger charge is 2.22. The maximum absolute atomic E-state index is 11.5. The minimum absolute atomic E-state index is 0.167. The Morgan fingerprint density at radius 2 is 2.38 bits per heavy atom. The van der Waals surface area contributed by atoms with E-state index >= 15 is 0 Å². The molecule has 2 heterocycles. The number of imidazole rings is 1. The van der Waals surface area contributed by atoms with E-state index in [1.807, 2.05) is 6.07 Å². The van der Waals surface area contributed by atoms with Gasteiger partial charge in [-0.2, -0.15) is 0 Å². The number of fused-ring (bicyclic) bond motifs is 1. The SMILES string of the molecule is CCCc1nc2cccc(C(=O)O)c2n1CC1CCCO1. The van der Waals surface area contributed by atoms with E-state index in [0.717, 1.165) is 49.1 Å². The highest BCUT2D eigenvalue weighted by Crippen LogP contribution is 2.24. The van der Waals surface area contributed by atoms with Crippen LogP contribution in [0.25, 0.3) is 11.0 Å². The van der Waals surface area contributed by atoms with Gasteiger partial charge in [0.1, 0.15) is 5.82 Å². The number of ether oxygens (including phenoxy) is 1. The van der Waals surface area contributed by atoms with Crippen molar-refractivity contribution >= 4 is 17.0 Å². The fourth-order valence-corrected chi connectivity index (χ4v) is 3.01. The third kappa shape index (κ3) is 2.65. The molecule has 1 aromatic heterocycles. The summed E-state index contributed by atoms with van der Waals surface area (Å²) >= 11 is 0. The van der Waals surface area contributed by atoms with Crippen molar-refractivity contribution < 1.29 is 14.6 Å². The van der Waals surface area contributed by atoms with E-state index in [4.69, 9.17) is 4.74 Å². The van der Waals surface area contributed by atoms with E-state index in [9.17, 15) is 9.90 Å². The predicted molar refractivity (Wildman–Crippen MR) is 79.7 cm³/mol. The third-order valence-electron chi connectivity index (χ3n) is 3.96. The molecule has 0 amide bonds. The van der Waals surface area contributed by atoms with E-state index in [-0.39, 0.29) is 6.10 Å². The fraction of sp³-hybridized carbons (Fsp3) is 0.500. The molecule has 5 heteroatoms. The molecular formula is C16H20N2O3. The number of nitrogens with zero attached hydrogens (tertiary/aromatic N) is 2. The van der Waals surface area contributed by atoms with Gasteiger partial charge in [-0.25, -0.2) is 9.78 Å². The zero-order chi connectivity index (χ0) is 14.8. The highest BCUT2D eigenvalue weighted by atomic mass is 16.5. The number of aromatic nitrogens is 2. The Hall–Kier alpha value is -1.88. The van der Waals surface area contributed by atoms with Crippen LogP contribution in [0.4, 0.5) is 0 Å². The first-order chi connectivity index (χ1) is 10.2. The molecular weight excluding hydrogens is 268 g/mol. The van der Waals surface area contributed by atoms with Gasteiger partial charge in [-0.15, -0.1) is 0 Å². The van der Waals surface area contributed by atoms with Crippen LogP contribution in [-0.2, 0) is 17.7 Å². The summed E-state index contributed by atoms with van der Waals surface area (Å²) in [6.07, 6.45) is 4.10. The maximum Gasteiger partial charge on any atom is 0.337 e. The number of aromatic carboxylic acids is 1. The summed E-state index contributed by atoms with van der Waals surface area (Å²) in [5.74, 6) is 0.0499. The highest BCUT2D eigenvalue weighted by molar-refractivity contribution is 6.01. The van der Waals surface area contributed by atoms with Crippen LogP contribution >= 0.6 is 0 Å². The van der Waals surface area contributed by atoms with E-state index in [2.05, 4.69) is 16.5 Å². The van der Waals surface area contributed by atoms with Crippen molar-refractivity contribution in [2.24, 2.45) is 0 Å². The topological polar surface area (TPSA) is 64.3 Å². The smallest absolute Gasteiger partial charge is 0.337 e. The first-order valence-corrected chi connectivity index (χ1v) is 7.53. The molecule has 1 aliphatic heterocycles. The normalized spacial score (nSPS) is 18.4. The molecule has 5 nitrogen and oxygen atoms in total. The molecule has 1 N–H and O–H groups in total. The molecule has 0 aliphatic carbocycles. The second kappa shape index (κ2) is 5.85. The summed E-state index contributed by atoms with van der Waals surface area (Å²) < 4.78 is 7.77. The molecule has 1 aromatic carbocycles. The molecule has 0 spiro atoms. The Morgan fingerprint density at radius 3 is 3.05 bits per heavy atom. The number of benzene rings is 1. The van der Waals surface area contributed by atoms with Gasteiger partial charge in [0.2, 0.25) is 0 Å². The Balaban J connectivity index is 2.11. The van der Waals surface area contributed by atoms with Crippen LogP contribution in [0.15, 0.2) is 18.2 Å². The number of rotatable bonds is 5. The van der Waals surface area contributed by atoms with Gasteiger partial charge in [-0.05, 0) is 31.4 Å². The zero-order valence-electron chi connectivity index (χ0n) is 12.2. The lowest BCUT2D eigenvalue weighted by Gasteiger charge is -2.14. The minimum atomic E-state index is -0.905. The number of carbonyl (C=O) groups is 1. The molecule has 1 fully saturated rings. The van der Waals surface area contributed by atoms with Crippen molar-refractivity contribution in [3.63, 3.8) is 0 Å². The van der Waals surface area contributed by atoms with E-state index in [0.29, 0.717) is 12.1 Å². The van der Waals surface area contributed by atoms with Crippen LogP contribution in [0, 0.1) is 0 Å². The van der Waals surface area contributed by atoms with Gasteiger partial charge in [0.25, 0.3) is 0 Å². The summed E-state index contributed by atoms with van der Waals surface area (Å²) in [7, 11) is 0. The van der Waals surface area contributed by atoms with Gasteiger partial charge in [0.05, 0.1) is 29.2 Å². The third-order valence-corrected chi connectivity index (χ3v) is 3.96. The van der Waals surface area contributed by atoms with Crippen molar-refractivity contribution in [2.45, 2.75) is 45.3 Å². The average Bonchev–Trinajstić information content (AvgIpc) is 3.08. The summed E-state index contributed by atoms with van der Waals surface area (Å²) in [6, 6.07) is 5.28. The molecule has 0 radical (unpaired) electrons. The molecule has 1 aliphatic rings. The monoisotopic (exact) mass is 288 g/mol. The van der Waals surface area contributed by atoms with Crippen LogP contribution < -0.4 is 0 Å². The van der Waals surface area contributed by atoms with Crippen LogP contribution in [0.3, 0.4) is 0 Å². The van der Waals surface area contributed by atoms with E-state index < -0.39 is 5.97 Å². The molecule has 21 heavy (non-hydrogen) atoms. The molecule has 1 unspecified atom stereocenters. The van der Waals surface area contributed by atoms with Gasteiger partial charge in [-0.1, -0.05) is 13.0 Å². The number of carboxylic acids is 1. The molecule has 2 aromatic rings. The Bertz CT molecular complexity index is 657. The fourth-order valence-electron chi connectivity index (χ4n) is 3.01. The van der Waals surface area contributed by atoms with Gasteiger partial charge in [0, 0.05) is 13.0 Å². The number of para-hydroxylation sites is 1. The molecule has 0 saturated carbocycles. The second-order valence-electron chi connectivity index (χ2n) is 5.50. The molecule has 112 valence electrons. The summed E-state index contributed by atoms with van der Waals surface area (Å²) in [4.78, 5) is 16.1. The molecule has 0 bridgehead atoms. The summed E-state index contributed by atoms with van der Waals surface area (Å²) in [6.45, 7) is 3.59. The predicted octanol–water partition coefficient (Wildman–Crippen LogP) is 2.87. The van der Waals surface area contributed by atoms with Crippen LogP contribution in [-0.4, -0.2) is 33.3 Å². The Morgan fingerprint density at radius 1 is 1.52 bits per heavy atom. The van der Waals surface area contributed by atoms with Crippen LogP contribution in [0.1, 0.15) is 42.4 Å². The first kappa shape index (κ1) is 14.1. The van der Waals surface area contributed by atoms with Crippen molar-refractivity contribution in [2.75, 3.05) is 6.61 Å².